The Bertz CT molecular complexity index is 521. The van der Waals surface area contributed by atoms with Crippen LogP contribution in [0.2, 0.25) is 0 Å². The summed E-state index contributed by atoms with van der Waals surface area (Å²) in [6.45, 7) is 4.06. The summed E-state index contributed by atoms with van der Waals surface area (Å²) in [5, 5.41) is 19.0. The molecule has 0 spiro atoms. The molecule has 1 fully saturated rings. The Balaban J connectivity index is 1.99. The highest BCUT2D eigenvalue weighted by Gasteiger charge is 2.25. The summed E-state index contributed by atoms with van der Waals surface area (Å²) in [6.07, 6.45) is 2.84. The number of aromatic nitrogens is 1. The van der Waals surface area contributed by atoms with Gasteiger partial charge >= 0.3 is 11.9 Å². The lowest BCUT2D eigenvalue weighted by Gasteiger charge is -2.29. The average Bonchev–Trinajstić information content (AvgIpc) is 2.83. The van der Waals surface area contributed by atoms with Gasteiger partial charge in [-0.3, -0.25) is 9.69 Å². The Hall–Kier alpha value is -1.47. The van der Waals surface area contributed by atoms with Crippen molar-refractivity contribution in [3.63, 3.8) is 0 Å². The first kappa shape index (κ1) is 15.9. The van der Waals surface area contributed by atoms with E-state index in [2.05, 4.69) is 9.88 Å². The number of aryl methyl sites for hydroxylation is 1. The van der Waals surface area contributed by atoms with Gasteiger partial charge in [0.2, 0.25) is 0 Å². The van der Waals surface area contributed by atoms with Gasteiger partial charge in [0, 0.05) is 0 Å². The van der Waals surface area contributed by atoms with Gasteiger partial charge in [-0.05, 0) is 32.4 Å². The molecule has 1 aliphatic rings. The number of aliphatic carboxylic acids is 1. The lowest BCUT2D eigenvalue weighted by molar-refractivity contribution is -0.143. The van der Waals surface area contributed by atoms with Gasteiger partial charge in [0.25, 0.3) is 0 Å². The van der Waals surface area contributed by atoms with Crippen LogP contribution in [0, 0.1) is 5.92 Å². The number of hydrogen-bond donors (Lipinski definition) is 2. The molecule has 116 valence electrons. The first-order chi connectivity index (χ1) is 10.0. The van der Waals surface area contributed by atoms with Crippen molar-refractivity contribution in [3.8, 4) is 0 Å². The van der Waals surface area contributed by atoms with Crippen LogP contribution >= 0.6 is 11.3 Å². The van der Waals surface area contributed by atoms with Gasteiger partial charge in [-0.2, -0.15) is 0 Å². The van der Waals surface area contributed by atoms with Crippen molar-refractivity contribution in [2.75, 3.05) is 13.1 Å². The molecule has 6 nitrogen and oxygen atoms in total. The van der Waals surface area contributed by atoms with Crippen LogP contribution in [0.1, 0.15) is 46.6 Å². The standard InChI is InChI=1S/C14H20N2O4S/c1-2-3-10-12(14(19)20)21-11(15-10)8-16-6-4-9(5-7-16)13(17)18/h9H,2-8H2,1H3,(H,17,18)(H,19,20). The topological polar surface area (TPSA) is 90.7 Å². The number of likely N-dealkylation sites (tertiary alicyclic amines) is 1. The zero-order chi connectivity index (χ0) is 15.4. The number of carboxylic acid groups (broad SMARTS) is 2. The fourth-order valence-corrected chi connectivity index (χ4v) is 3.56. The Labute approximate surface area is 127 Å². The smallest absolute Gasteiger partial charge is 0.347 e. The lowest BCUT2D eigenvalue weighted by Crippen LogP contribution is -2.35. The predicted molar refractivity (Wildman–Crippen MR) is 78.7 cm³/mol. The molecule has 1 aromatic rings. The SMILES string of the molecule is CCCc1nc(CN2CCC(C(=O)O)CC2)sc1C(=O)O. The molecule has 0 aliphatic carbocycles. The molecule has 2 heterocycles. The zero-order valence-corrected chi connectivity index (χ0v) is 12.9. The molecule has 1 aliphatic heterocycles. The number of rotatable bonds is 6. The van der Waals surface area contributed by atoms with E-state index in [0.29, 0.717) is 36.4 Å². The van der Waals surface area contributed by atoms with Crippen LogP contribution in [-0.4, -0.2) is 45.1 Å². The van der Waals surface area contributed by atoms with E-state index < -0.39 is 11.9 Å². The van der Waals surface area contributed by atoms with Crippen molar-refractivity contribution >= 4 is 23.3 Å². The third-order valence-corrected chi connectivity index (χ3v) is 4.79. The summed E-state index contributed by atoms with van der Waals surface area (Å²) in [5.41, 5.74) is 0.672. The number of carbonyl (C=O) groups is 2. The first-order valence-electron chi connectivity index (χ1n) is 7.18. The maximum absolute atomic E-state index is 11.2. The monoisotopic (exact) mass is 312 g/mol. The van der Waals surface area contributed by atoms with Gasteiger partial charge in [-0.15, -0.1) is 11.3 Å². The maximum Gasteiger partial charge on any atom is 0.347 e. The molecule has 0 saturated carbocycles. The molecule has 0 amide bonds. The molecule has 7 heteroatoms. The van der Waals surface area contributed by atoms with E-state index in [4.69, 9.17) is 5.11 Å². The summed E-state index contributed by atoms with van der Waals surface area (Å²) >= 11 is 1.24. The first-order valence-corrected chi connectivity index (χ1v) is 8.00. The highest BCUT2D eigenvalue weighted by Crippen LogP contribution is 2.24. The second kappa shape index (κ2) is 7.00. The number of hydrogen-bond acceptors (Lipinski definition) is 5. The largest absolute Gasteiger partial charge is 0.481 e. The molecule has 0 bridgehead atoms. The Morgan fingerprint density at radius 3 is 2.52 bits per heavy atom. The van der Waals surface area contributed by atoms with Crippen molar-refractivity contribution in [1.29, 1.82) is 0 Å². The summed E-state index contributed by atoms with van der Waals surface area (Å²) < 4.78 is 0. The van der Waals surface area contributed by atoms with E-state index in [1.165, 1.54) is 11.3 Å². The molecule has 1 saturated heterocycles. The Kier molecular flexibility index (Phi) is 5.30. The molecule has 0 unspecified atom stereocenters. The second-order valence-corrected chi connectivity index (χ2v) is 6.41. The molecule has 2 rings (SSSR count). The molecule has 0 atom stereocenters. The number of nitrogens with zero attached hydrogens (tertiary/aromatic N) is 2. The highest BCUT2D eigenvalue weighted by atomic mass is 32.1. The quantitative estimate of drug-likeness (QED) is 0.836. The fourth-order valence-electron chi connectivity index (χ4n) is 2.57. The number of piperidine rings is 1. The highest BCUT2D eigenvalue weighted by molar-refractivity contribution is 7.13. The molecular weight excluding hydrogens is 292 g/mol. The number of thiazole rings is 1. The van der Waals surface area contributed by atoms with Gasteiger partial charge in [-0.1, -0.05) is 13.3 Å². The minimum absolute atomic E-state index is 0.247. The molecule has 1 aromatic heterocycles. The van der Waals surface area contributed by atoms with Crippen molar-refractivity contribution in [1.82, 2.24) is 9.88 Å². The van der Waals surface area contributed by atoms with E-state index in [1.54, 1.807) is 0 Å². The maximum atomic E-state index is 11.2. The van der Waals surface area contributed by atoms with Gasteiger partial charge in [-0.25, -0.2) is 9.78 Å². The van der Waals surface area contributed by atoms with E-state index >= 15 is 0 Å². The Morgan fingerprint density at radius 1 is 1.33 bits per heavy atom. The van der Waals surface area contributed by atoms with E-state index in [1.807, 2.05) is 6.92 Å². The van der Waals surface area contributed by atoms with Crippen LogP contribution in [0.3, 0.4) is 0 Å². The minimum Gasteiger partial charge on any atom is -0.481 e. The molecule has 0 radical (unpaired) electrons. The summed E-state index contributed by atoms with van der Waals surface area (Å²) in [6, 6.07) is 0. The second-order valence-electron chi connectivity index (χ2n) is 5.33. The minimum atomic E-state index is -0.910. The van der Waals surface area contributed by atoms with Gasteiger partial charge < -0.3 is 10.2 Å². The summed E-state index contributed by atoms with van der Waals surface area (Å²) in [7, 11) is 0. The normalized spacial score (nSPS) is 17.0. The Morgan fingerprint density at radius 2 is 2.00 bits per heavy atom. The third kappa shape index (κ3) is 4.01. The molecule has 2 N–H and O–H groups in total. The lowest BCUT2D eigenvalue weighted by atomic mass is 9.97. The molecular formula is C14H20N2O4S. The van der Waals surface area contributed by atoms with Crippen LogP contribution in [-0.2, 0) is 17.8 Å². The van der Waals surface area contributed by atoms with Crippen molar-refractivity contribution in [2.45, 2.75) is 39.2 Å². The third-order valence-electron chi connectivity index (χ3n) is 3.72. The van der Waals surface area contributed by atoms with Crippen LogP contribution < -0.4 is 0 Å². The van der Waals surface area contributed by atoms with E-state index in [9.17, 15) is 14.7 Å². The van der Waals surface area contributed by atoms with Crippen LogP contribution in [0.4, 0.5) is 0 Å². The van der Waals surface area contributed by atoms with E-state index in [-0.39, 0.29) is 5.92 Å². The summed E-state index contributed by atoms with van der Waals surface area (Å²) in [4.78, 5) is 29.1. The van der Waals surface area contributed by atoms with Crippen molar-refractivity contribution in [3.05, 3.63) is 15.6 Å². The van der Waals surface area contributed by atoms with Gasteiger partial charge in [0.15, 0.2) is 0 Å². The number of carboxylic acids is 2. The predicted octanol–water partition coefficient (Wildman–Crippen LogP) is 2.09. The zero-order valence-electron chi connectivity index (χ0n) is 12.0. The van der Waals surface area contributed by atoms with Crippen molar-refractivity contribution in [2.24, 2.45) is 5.92 Å². The van der Waals surface area contributed by atoms with Crippen molar-refractivity contribution < 1.29 is 19.8 Å². The van der Waals surface area contributed by atoms with E-state index in [0.717, 1.165) is 24.5 Å². The van der Waals surface area contributed by atoms with Crippen LogP contribution in [0.5, 0.6) is 0 Å². The molecule has 0 aromatic carbocycles. The van der Waals surface area contributed by atoms with Gasteiger partial charge in [0.05, 0.1) is 18.2 Å². The van der Waals surface area contributed by atoms with Crippen LogP contribution in [0.25, 0.3) is 0 Å². The number of aromatic carboxylic acids is 1. The fraction of sp³-hybridized carbons (Fsp3) is 0.643. The van der Waals surface area contributed by atoms with Gasteiger partial charge in [0.1, 0.15) is 9.88 Å². The summed E-state index contributed by atoms with van der Waals surface area (Å²) in [5.74, 6) is -1.88. The average molecular weight is 312 g/mol. The van der Waals surface area contributed by atoms with Crippen LogP contribution in [0.15, 0.2) is 0 Å². The molecule has 21 heavy (non-hydrogen) atoms.